The smallest absolute Gasteiger partial charge is 0.261 e. The van der Waals surface area contributed by atoms with Gasteiger partial charge in [0.25, 0.3) is 10.0 Å². The van der Waals surface area contributed by atoms with Gasteiger partial charge in [0.2, 0.25) is 0 Å². The lowest BCUT2D eigenvalue weighted by molar-refractivity contribution is 0.192. The highest BCUT2D eigenvalue weighted by Crippen LogP contribution is 2.15. The number of ether oxygens (including phenoxy) is 1. The molecule has 0 saturated heterocycles. The molecule has 6 nitrogen and oxygen atoms in total. The fourth-order valence-corrected chi connectivity index (χ4v) is 3.31. The molecule has 0 aliphatic heterocycles. The molecule has 0 N–H and O–H groups in total. The first-order valence-electron chi connectivity index (χ1n) is 5.96. The fraction of sp³-hybridized carbons (Fsp3) is 0.727. The van der Waals surface area contributed by atoms with E-state index in [1.807, 2.05) is 6.92 Å². The first-order chi connectivity index (χ1) is 8.82. The van der Waals surface area contributed by atoms with Crippen LogP contribution >= 0.6 is 11.6 Å². The van der Waals surface area contributed by atoms with Crippen molar-refractivity contribution in [3.63, 3.8) is 0 Å². The Morgan fingerprint density at radius 1 is 1.58 bits per heavy atom. The summed E-state index contributed by atoms with van der Waals surface area (Å²) in [6.45, 7) is 4.86. The van der Waals surface area contributed by atoms with Gasteiger partial charge >= 0.3 is 0 Å². The van der Waals surface area contributed by atoms with Gasteiger partial charge in [0.05, 0.1) is 12.0 Å². The maximum atomic E-state index is 12.3. The minimum atomic E-state index is -3.60. The SMILES string of the molecule is CCn1cc(S(=O)(=O)N(C)CC(Cl)COC)nc1C. The predicted octanol–water partition coefficient (Wildman–Crippen LogP) is 1.09. The van der Waals surface area contributed by atoms with E-state index in [0.717, 1.165) is 0 Å². The molecule has 0 aliphatic carbocycles. The van der Waals surface area contributed by atoms with Gasteiger partial charge in [-0.05, 0) is 13.8 Å². The highest BCUT2D eigenvalue weighted by Gasteiger charge is 2.26. The zero-order valence-corrected chi connectivity index (χ0v) is 13.2. The van der Waals surface area contributed by atoms with E-state index in [1.54, 1.807) is 17.7 Å². The Morgan fingerprint density at radius 3 is 2.68 bits per heavy atom. The maximum Gasteiger partial charge on any atom is 0.261 e. The van der Waals surface area contributed by atoms with Gasteiger partial charge in [0.1, 0.15) is 5.82 Å². The lowest BCUT2D eigenvalue weighted by atomic mass is 10.4. The van der Waals surface area contributed by atoms with Crippen molar-refractivity contribution in [3.8, 4) is 0 Å². The molecular weight excluding hydrogens is 290 g/mol. The largest absolute Gasteiger partial charge is 0.383 e. The van der Waals surface area contributed by atoms with Crippen molar-refractivity contribution in [2.45, 2.75) is 30.8 Å². The Balaban J connectivity index is 2.90. The second-order valence-corrected chi connectivity index (χ2v) is 6.86. The number of aryl methyl sites for hydroxylation is 2. The molecule has 0 amide bonds. The first-order valence-corrected chi connectivity index (χ1v) is 7.83. The second-order valence-electron chi connectivity index (χ2n) is 4.25. The van der Waals surface area contributed by atoms with E-state index in [9.17, 15) is 8.42 Å². The summed E-state index contributed by atoms with van der Waals surface area (Å²) in [6.07, 6.45) is 1.54. The number of nitrogens with zero attached hydrogens (tertiary/aromatic N) is 3. The van der Waals surface area contributed by atoms with Crippen molar-refractivity contribution in [2.75, 3.05) is 27.3 Å². The number of imidazole rings is 1. The summed E-state index contributed by atoms with van der Waals surface area (Å²) in [5.41, 5.74) is 0. The van der Waals surface area contributed by atoms with Crippen molar-refractivity contribution in [2.24, 2.45) is 0 Å². The van der Waals surface area contributed by atoms with Gasteiger partial charge in [-0.25, -0.2) is 13.4 Å². The van der Waals surface area contributed by atoms with E-state index in [-0.39, 0.29) is 16.9 Å². The third-order valence-corrected chi connectivity index (χ3v) is 4.73. The van der Waals surface area contributed by atoms with E-state index in [4.69, 9.17) is 16.3 Å². The van der Waals surface area contributed by atoms with Crippen LogP contribution in [0.25, 0.3) is 0 Å². The van der Waals surface area contributed by atoms with Gasteiger partial charge in [0.15, 0.2) is 5.03 Å². The van der Waals surface area contributed by atoms with Gasteiger partial charge in [-0.1, -0.05) is 0 Å². The molecule has 1 rings (SSSR count). The summed E-state index contributed by atoms with van der Waals surface area (Å²) >= 11 is 5.98. The molecule has 8 heteroatoms. The molecule has 0 saturated carbocycles. The molecule has 0 fully saturated rings. The molecule has 1 aromatic rings. The molecule has 0 radical (unpaired) electrons. The van der Waals surface area contributed by atoms with Gasteiger partial charge in [-0.3, -0.25) is 0 Å². The molecule has 0 aromatic carbocycles. The van der Waals surface area contributed by atoms with Crippen LogP contribution in [0.1, 0.15) is 12.7 Å². The molecule has 0 aliphatic rings. The van der Waals surface area contributed by atoms with Gasteiger partial charge in [-0.2, -0.15) is 4.31 Å². The minimum absolute atomic E-state index is 0.0515. The molecule has 19 heavy (non-hydrogen) atoms. The van der Waals surface area contributed by atoms with Gasteiger partial charge in [-0.15, -0.1) is 11.6 Å². The Bertz CT molecular complexity index is 515. The average Bonchev–Trinajstić information content (AvgIpc) is 2.71. The second kappa shape index (κ2) is 6.69. The highest BCUT2D eigenvalue weighted by atomic mass is 35.5. The molecule has 1 heterocycles. The number of aromatic nitrogens is 2. The summed E-state index contributed by atoms with van der Waals surface area (Å²) in [5.74, 6) is 0.675. The number of sulfonamides is 1. The summed E-state index contributed by atoms with van der Waals surface area (Å²) in [5, 5.41) is -0.338. The molecule has 1 aromatic heterocycles. The highest BCUT2D eigenvalue weighted by molar-refractivity contribution is 7.89. The minimum Gasteiger partial charge on any atom is -0.383 e. The van der Waals surface area contributed by atoms with Crippen LogP contribution < -0.4 is 0 Å². The Hall–Kier alpha value is -0.630. The van der Waals surface area contributed by atoms with E-state index in [2.05, 4.69) is 4.98 Å². The van der Waals surface area contributed by atoms with Crippen LogP contribution in [0.5, 0.6) is 0 Å². The summed E-state index contributed by atoms with van der Waals surface area (Å²) < 4.78 is 32.5. The van der Waals surface area contributed by atoms with Crippen LogP contribution in [0.4, 0.5) is 0 Å². The van der Waals surface area contributed by atoms with E-state index in [0.29, 0.717) is 19.0 Å². The van der Waals surface area contributed by atoms with E-state index in [1.165, 1.54) is 18.5 Å². The summed E-state index contributed by atoms with van der Waals surface area (Å²) in [7, 11) is -0.592. The zero-order valence-electron chi connectivity index (χ0n) is 11.6. The third kappa shape index (κ3) is 3.92. The molecule has 1 unspecified atom stereocenters. The summed E-state index contributed by atoms with van der Waals surface area (Å²) in [6, 6.07) is 0. The van der Waals surface area contributed by atoms with Crippen molar-refractivity contribution in [1.82, 2.24) is 13.9 Å². The first kappa shape index (κ1) is 16.4. The van der Waals surface area contributed by atoms with Crippen LogP contribution in [0.15, 0.2) is 11.2 Å². The predicted molar refractivity (Wildman–Crippen MR) is 74.0 cm³/mol. The zero-order chi connectivity index (χ0) is 14.6. The van der Waals surface area contributed by atoms with Crippen LogP contribution in [0.2, 0.25) is 0 Å². The van der Waals surface area contributed by atoms with Gasteiger partial charge < -0.3 is 9.30 Å². The number of rotatable bonds is 7. The van der Waals surface area contributed by atoms with Gasteiger partial charge in [0, 0.05) is 33.4 Å². The molecular formula is C11H20ClN3O3S. The van der Waals surface area contributed by atoms with Crippen molar-refractivity contribution in [3.05, 3.63) is 12.0 Å². The third-order valence-electron chi connectivity index (χ3n) is 2.77. The molecule has 110 valence electrons. The molecule has 0 spiro atoms. The van der Waals surface area contributed by atoms with Crippen LogP contribution in [0, 0.1) is 6.92 Å². The average molecular weight is 310 g/mol. The molecule has 1 atom stereocenters. The Morgan fingerprint density at radius 2 is 2.21 bits per heavy atom. The lowest BCUT2D eigenvalue weighted by Crippen LogP contribution is -2.34. The van der Waals surface area contributed by atoms with Crippen molar-refractivity contribution < 1.29 is 13.2 Å². The summed E-state index contributed by atoms with van der Waals surface area (Å²) in [4.78, 5) is 4.09. The fourth-order valence-electron chi connectivity index (χ4n) is 1.69. The number of hydrogen-bond donors (Lipinski definition) is 0. The number of alkyl halides is 1. The van der Waals surface area contributed by atoms with Crippen molar-refractivity contribution >= 4 is 21.6 Å². The number of hydrogen-bond acceptors (Lipinski definition) is 4. The number of halogens is 1. The normalized spacial score (nSPS) is 14.0. The lowest BCUT2D eigenvalue weighted by Gasteiger charge is -2.18. The van der Waals surface area contributed by atoms with E-state index >= 15 is 0 Å². The topological polar surface area (TPSA) is 64.4 Å². The monoisotopic (exact) mass is 309 g/mol. The van der Waals surface area contributed by atoms with Crippen LogP contribution in [0.3, 0.4) is 0 Å². The Labute approximate surface area is 119 Å². The van der Waals surface area contributed by atoms with Crippen LogP contribution in [-0.2, 0) is 21.3 Å². The quantitative estimate of drug-likeness (QED) is 0.707. The Kier molecular flexibility index (Phi) is 5.79. The standard InChI is InChI=1S/C11H20ClN3O3S/c1-5-15-7-11(13-9(15)2)19(16,17)14(3)6-10(12)8-18-4/h7,10H,5-6,8H2,1-4H3. The van der Waals surface area contributed by atoms with Crippen molar-refractivity contribution in [1.29, 1.82) is 0 Å². The van der Waals surface area contributed by atoms with E-state index < -0.39 is 10.0 Å². The number of methoxy groups -OCH3 is 1. The van der Waals surface area contributed by atoms with Crippen LogP contribution in [-0.4, -0.2) is 55.0 Å². The molecule has 0 bridgehead atoms. The maximum absolute atomic E-state index is 12.3.